The number of hydrogen-bond acceptors (Lipinski definition) is 4. The lowest BCUT2D eigenvalue weighted by molar-refractivity contribution is -0.105. The number of aromatic nitrogens is 1. The Kier molecular flexibility index (Phi) is 6.14. The van der Waals surface area contributed by atoms with Gasteiger partial charge in [0.05, 0.1) is 12.8 Å². The molecule has 11 heteroatoms. The quantitative estimate of drug-likeness (QED) is 0.722. The molecular formula is C16H17F4N3O3S. The van der Waals surface area contributed by atoms with Crippen molar-refractivity contribution in [3.05, 3.63) is 46.0 Å². The third-order valence-electron chi connectivity index (χ3n) is 3.51. The lowest BCUT2D eigenvalue weighted by Crippen LogP contribution is -2.26. The van der Waals surface area contributed by atoms with Crippen LogP contribution in [0.4, 0.5) is 34.8 Å². The first-order chi connectivity index (χ1) is 12.5. The number of nitrogens with zero attached hydrogens (tertiary/aromatic N) is 1. The van der Waals surface area contributed by atoms with Gasteiger partial charge in [-0.3, -0.25) is 14.1 Å². The molecule has 0 bridgehead atoms. The summed E-state index contributed by atoms with van der Waals surface area (Å²) < 4.78 is 71.7. The number of halogens is 4. The van der Waals surface area contributed by atoms with Crippen molar-refractivity contribution in [2.45, 2.75) is 13.1 Å². The lowest BCUT2D eigenvalue weighted by Gasteiger charge is -2.20. The Bertz CT molecular complexity index is 928. The molecule has 0 fully saturated rings. The van der Waals surface area contributed by atoms with Crippen LogP contribution in [0.25, 0.3) is 0 Å². The van der Waals surface area contributed by atoms with Crippen LogP contribution >= 0.6 is 0 Å². The summed E-state index contributed by atoms with van der Waals surface area (Å²) in [7, 11) is -0.0239. The van der Waals surface area contributed by atoms with E-state index in [-0.39, 0.29) is 22.9 Å². The number of ether oxygens (including phenoxy) is 1. The van der Waals surface area contributed by atoms with Crippen LogP contribution in [0, 0.1) is 12.7 Å². The highest BCUT2D eigenvalue weighted by atomic mass is 32.2. The van der Waals surface area contributed by atoms with Gasteiger partial charge in [0, 0.05) is 13.1 Å². The van der Waals surface area contributed by atoms with Crippen LogP contribution in [0.15, 0.2) is 29.1 Å². The normalized spacial score (nSPS) is 12.6. The zero-order valence-electron chi connectivity index (χ0n) is 14.6. The number of aryl methyl sites for hydroxylation is 1. The molecule has 0 saturated carbocycles. The standard InChI is InChI=1S/C16H17F4N3O3S/c1-9-4-5-11(10(17)6-9)21-15-14(22-27(25)8-16(18,19)20)12(26-3)7-13(24)23(15)2/h4-7,21-22H,8H2,1-3H3. The van der Waals surface area contributed by atoms with E-state index in [1.54, 1.807) is 13.0 Å². The third kappa shape index (κ3) is 5.22. The van der Waals surface area contributed by atoms with Crippen molar-refractivity contribution in [3.63, 3.8) is 0 Å². The molecule has 1 aromatic carbocycles. The fourth-order valence-corrected chi connectivity index (χ4v) is 3.02. The van der Waals surface area contributed by atoms with Gasteiger partial charge in [-0.25, -0.2) is 8.60 Å². The number of anilines is 3. The first kappa shape index (κ1) is 20.7. The van der Waals surface area contributed by atoms with Crippen molar-refractivity contribution in [3.8, 4) is 5.75 Å². The molecule has 0 saturated heterocycles. The minimum Gasteiger partial charge on any atom is -0.494 e. The molecule has 2 rings (SSSR count). The molecule has 148 valence electrons. The maximum atomic E-state index is 14.2. The van der Waals surface area contributed by atoms with Crippen LogP contribution in [-0.4, -0.2) is 27.8 Å². The fraction of sp³-hybridized carbons (Fsp3) is 0.312. The second kappa shape index (κ2) is 7.99. The van der Waals surface area contributed by atoms with E-state index in [1.807, 2.05) is 0 Å². The monoisotopic (exact) mass is 407 g/mol. The average molecular weight is 407 g/mol. The Morgan fingerprint density at radius 2 is 1.93 bits per heavy atom. The molecule has 2 aromatic rings. The van der Waals surface area contributed by atoms with Crippen LogP contribution in [0.5, 0.6) is 5.75 Å². The molecule has 1 atom stereocenters. The van der Waals surface area contributed by atoms with Gasteiger partial charge in [0.2, 0.25) is 0 Å². The Morgan fingerprint density at radius 3 is 2.48 bits per heavy atom. The van der Waals surface area contributed by atoms with Crippen LogP contribution in [0.1, 0.15) is 5.56 Å². The number of hydrogen-bond donors (Lipinski definition) is 2. The highest BCUT2D eigenvalue weighted by Gasteiger charge is 2.31. The van der Waals surface area contributed by atoms with Gasteiger partial charge >= 0.3 is 6.18 Å². The first-order valence-corrected chi connectivity index (χ1v) is 8.86. The molecule has 0 amide bonds. The molecule has 0 aliphatic rings. The Morgan fingerprint density at radius 1 is 1.26 bits per heavy atom. The summed E-state index contributed by atoms with van der Waals surface area (Å²) in [5, 5.41) is 2.65. The van der Waals surface area contributed by atoms with Gasteiger partial charge < -0.3 is 10.1 Å². The van der Waals surface area contributed by atoms with E-state index in [1.165, 1.54) is 26.3 Å². The van der Waals surface area contributed by atoms with E-state index in [0.717, 1.165) is 10.6 Å². The lowest BCUT2D eigenvalue weighted by atomic mass is 10.2. The van der Waals surface area contributed by atoms with E-state index in [9.17, 15) is 26.6 Å². The summed E-state index contributed by atoms with van der Waals surface area (Å²) in [5.41, 5.74) is -0.0908. The smallest absolute Gasteiger partial charge is 0.402 e. The zero-order valence-corrected chi connectivity index (χ0v) is 15.4. The number of methoxy groups -OCH3 is 1. The van der Waals surface area contributed by atoms with E-state index < -0.39 is 34.3 Å². The largest absolute Gasteiger partial charge is 0.494 e. The number of nitrogens with one attached hydrogen (secondary N) is 2. The van der Waals surface area contributed by atoms with E-state index >= 15 is 0 Å². The van der Waals surface area contributed by atoms with Crippen LogP contribution in [-0.2, 0) is 18.0 Å². The molecule has 0 spiro atoms. The van der Waals surface area contributed by atoms with Gasteiger partial charge in [-0.1, -0.05) is 6.07 Å². The summed E-state index contributed by atoms with van der Waals surface area (Å²) in [6.45, 7) is 1.68. The second-order valence-corrected chi connectivity index (χ2v) is 6.83. The molecule has 27 heavy (non-hydrogen) atoms. The second-order valence-electron chi connectivity index (χ2n) is 5.65. The van der Waals surface area contributed by atoms with Crippen molar-refractivity contribution in [2.24, 2.45) is 7.05 Å². The van der Waals surface area contributed by atoms with Crippen molar-refractivity contribution in [1.82, 2.24) is 4.57 Å². The molecule has 1 heterocycles. The number of rotatable bonds is 6. The maximum absolute atomic E-state index is 14.2. The molecule has 0 aliphatic carbocycles. The molecule has 6 nitrogen and oxygen atoms in total. The summed E-state index contributed by atoms with van der Waals surface area (Å²) in [4.78, 5) is 12.1. The molecule has 2 N–H and O–H groups in total. The summed E-state index contributed by atoms with van der Waals surface area (Å²) >= 11 is 0. The van der Waals surface area contributed by atoms with Crippen molar-refractivity contribution < 1.29 is 26.5 Å². The van der Waals surface area contributed by atoms with Crippen LogP contribution in [0.3, 0.4) is 0 Å². The molecule has 1 unspecified atom stereocenters. The van der Waals surface area contributed by atoms with Gasteiger partial charge in [0.15, 0.2) is 5.75 Å². The Balaban J connectivity index is 2.52. The Labute approximate surface area is 154 Å². The van der Waals surface area contributed by atoms with Gasteiger partial charge in [-0.2, -0.15) is 13.2 Å². The molecule has 0 radical (unpaired) electrons. The minimum absolute atomic E-state index is 0.0199. The number of pyridine rings is 1. The Hall–Kier alpha value is -2.56. The predicted molar refractivity (Wildman–Crippen MR) is 95.3 cm³/mol. The van der Waals surface area contributed by atoms with Gasteiger partial charge in [0.1, 0.15) is 34.1 Å². The highest BCUT2D eigenvalue weighted by Crippen LogP contribution is 2.34. The summed E-state index contributed by atoms with van der Waals surface area (Å²) in [5.74, 6) is -2.48. The van der Waals surface area contributed by atoms with Gasteiger partial charge in [-0.05, 0) is 24.6 Å². The molecule has 1 aromatic heterocycles. The van der Waals surface area contributed by atoms with Crippen molar-refractivity contribution in [1.29, 1.82) is 0 Å². The topological polar surface area (TPSA) is 72.4 Å². The first-order valence-electron chi connectivity index (χ1n) is 7.55. The van der Waals surface area contributed by atoms with E-state index in [4.69, 9.17) is 4.74 Å². The highest BCUT2D eigenvalue weighted by molar-refractivity contribution is 7.86. The van der Waals surface area contributed by atoms with Crippen LogP contribution < -0.4 is 20.3 Å². The van der Waals surface area contributed by atoms with E-state index in [0.29, 0.717) is 5.56 Å². The maximum Gasteiger partial charge on any atom is 0.402 e. The van der Waals surface area contributed by atoms with Crippen molar-refractivity contribution in [2.75, 3.05) is 22.9 Å². The summed E-state index contributed by atoms with van der Waals surface area (Å²) in [6, 6.07) is 5.28. The molecule has 0 aliphatic heterocycles. The number of benzene rings is 1. The summed E-state index contributed by atoms with van der Waals surface area (Å²) in [6.07, 6.45) is -4.66. The van der Waals surface area contributed by atoms with Gasteiger partial charge in [-0.15, -0.1) is 0 Å². The predicted octanol–water partition coefficient (Wildman–Crippen LogP) is 3.22. The fourth-order valence-electron chi connectivity index (χ4n) is 2.23. The zero-order chi connectivity index (χ0) is 20.4. The third-order valence-corrected chi connectivity index (χ3v) is 4.53. The molecular weight excluding hydrogens is 390 g/mol. The minimum atomic E-state index is -4.66. The van der Waals surface area contributed by atoms with Crippen LogP contribution in [0.2, 0.25) is 0 Å². The average Bonchev–Trinajstić information content (AvgIpc) is 2.54. The van der Waals surface area contributed by atoms with E-state index in [2.05, 4.69) is 10.0 Å². The SMILES string of the molecule is COc1cc(=O)n(C)c(Nc2ccc(C)cc2F)c1NS(=O)CC(F)(F)F. The number of alkyl halides is 3. The van der Waals surface area contributed by atoms with Crippen molar-refractivity contribution >= 4 is 28.2 Å². The van der Waals surface area contributed by atoms with Gasteiger partial charge in [0.25, 0.3) is 5.56 Å².